The fourth-order valence-corrected chi connectivity index (χ4v) is 3.56. The lowest BCUT2D eigenvalue weighted by Gasteiger charge is -2.06. The maximum Gasteiger partial charge on any atom is 0.263 e. The van der Waals surface area contributed by atoms with Crippen LogP contribution in [0.3, 0.4) is 0 Å². The van der Waals surface area contributed by atoms with E-state index in [0.29, 0.717) is 25.7 Å². The van der Waals surface area contributed by atoms with Crippen LogP contribution in [0.2, 0.25) is 5.02 Å². The van der Waals surface area contributed by atoms with Gasteiger partial charge in [0.2, 0.25) is 0 Å². The maximum absolute atomic E-state index is 11.8. The van der Waals surface area contributed by atoms with Gasteiger partial charge in [-0.2, -0.15) is 5.10 Å². The first-order valence-electron chi connectivity index (χ1n) is 7.20. The number of anilines is 2. The monoisotopic (exact) mass is 387 g/mol. The second kappa shape index (κ2) is 6.47. The summed E-state index contributed by atoms with van der Waals surface area (Å²) in [6, 6.07) is 9.19. The number of nitrogens with one attached hydrogen (secondary N) is 2. The van der Waals surface area contributed by atoms with Crippen molar-refractivity contribution < 1.29 is 4.79 Å². The van der Waals surface area contributed by atoms with Crippen LogP contribution >= 0.6 is 35.6 Å². The first kappa shape index (κ1) is 16.1. The lowest BCUT2D eigenvalue weighted by Crippen LogP contribution is -2.17. The largest absolute Gasteiger partial charge is 0.340 e. The van der Waals surface area contributed by atoms with Crippen molar-refractivity contribution in [1.29, 1.82) is 0 Å². The number of rotatable bonds is 3. The predicted octanol–water partition coefficient (Wildman–Crippen LogP) is 3.62. The Hall–Kier alpha value is -2.42. The van der Waals surface area contributed by atoms with E-state index in [9.17, 15) is 4.79 Å². The fraction of sp³-hybridized carbons (Fsp3) is 0. The Morgan fingerprint density at radius 1 is 1.36 bits per heavy atom. The van der Waals surface area contributed by atoms with Crippen LogP contribution in [0.5, 0.6) is 0 Å². The van der Waals surface area contributed by atoms with E-state index < -0.39 is 0 Å². The van der Waals surface area contributed by atoms with Gasteiger partial charge in [-0.15, -0.1) is 0 Å². The molecule has 1 aliphatic heterocycles. The molecule has 3 aromatic rings. The minimum Gasteiger partial charge on any atom is -0.340 e. The van der Waals surface area contributed by atoms with E-state index in [4.69, 9.17) is 23.8 Å². The summed E-state index contributed by atoms with van der Waals surface area (Å²) in [6.45, 7) is 0. The van der Waals surface area contributed by atoms with Crippen LogP contribution < -0.4 is 10.6 Å². The normalized spacial score (nSPS) is 15.8. The van der Waals surface area contributed by atoms with Crippen LogP contribution in [-0.2, 0) is 4.79 Å². The minimum atomic E-state index is -0.206. The highest BCUT2D eigenvalue weighted by molar-refractivity contribution is 8.26. The molecule has 0 spiro atoms. The number of fused-ring (bicyclic) bond motifs is 1. The fourth-order valence-electron chi connectivity index (χ4n) is 2.33. The average molecular weight is 388 g/mol. The quantitative estimate of drug-likeness (QED) is 0.528. The van der Waals surface area contributed by atoms with E-state index in [1.54, 1.807) is 29.1 Å². The molecule has 0 bridgehead atoms. The number of aromatic nitrogens is 3. The number of carbonyl (C=O) groups excluding carboxylic acids is 1. The van der Waals surface area contributed by atoms with Gasteiger partial charge in [-0.1, -0.05) is 41.6 Å². The van der Waals surface area contributed by atoms with Crippen molar-refractivity contribution in [3.8, 4) is 0 Å². The summed E-state index contributed by atoms with van der Waals surface area (Å²) in [5.74, 6) is 0.441. The molecular weight excluding hydrogens is 378 g/mol. The molecule has 6 nitrogen and oxygen atoms in total. The molecule has 2 aromatic heterocycles. The molecule has 0 unspecified atom stereocenters. The van der Waals surface area contributed by atoms with Crippen molar-refractivity contribution in [2.75, 3.05) is 5.32 Å². The molecule has 0 aliphatic carbocycles. The first-order chi connectivity index (χ1) is 12.1. The number of thioether (sulfide) groups is 1. The standard InChI is InChI=1S/C16H10ClN5OS2/c17-10-2-1-3-11(7-10)19-13-4-5-22-14(20-13)9(8-18-22)6-12-15(23)21-16(24)25-12/h1-8H,(H,19,20)(H,21,23,24). The van der Waals surface area contributed by atoms with E-state index >= 15 is 0 Å². The Morgan fingerprint density at radius 2 is 2.24 bits per heavy atom. The molecule has 1 amide bonds. The maximum atomic E-state index is 11.8. The number of carbonyl (C=O) groups is 1. The molecule has 1 aliphatic rings. The topological polar surface area (TPSA) is 71.3 Å². The zero-order chi connectivity index (χ0) is 17.4. The lowest BCUT2D eigenvalue weighted by molar-refractivity contribution is -0.115. The molecule has 9 heteroatoms. The third kappa shape index (κ3) is 3.37. The molecule has 4 rings (SSSR count). The highest BCUT2D eigenvalue weighted by Gasteiger charge is 2.22. The molecule has 2 N–H and O–H groups in total. The number of hydrogen-bond acceptors (Lipinski definition) is 6. The molecule has 1 aromatic carbocycles. The zero-order valence-electron chi connectivity index (χ0n) is 12.6. The smallest absolute Gasteiger partial charge is 0.263 e. The van der Waals surface area contributed by atoms with Crippen molar-refractivity contribution >= 4 is 69.0 Å². The summed E-state index contributed by atoms with van der Waals surface area (Å²) >= 11 is 12.2. The summed E-state index contributed by atoms with van der Waals surface area (Å²) in [4.78, 5) is 16.9. The highest BCUT2D eigenvalue weighted by Crippen LogP contribution is 2.27. The SMILES string of the molecule is O=C1NC(=S)SC1=Cc1cnn2ccc(Nc3cccc(Cl)c3)nc12. The molecule has 25 heavy (non-hydrogen) atoms. The predicted molar refractivity (Wildman–Crippen MR) is 104 cm³/mol. The lowest BCUT2D eigenvalue weighted by atomic mass is 10.3. The van der Waals surface area contributed by atoms with Crippen LogP contribution in [-0.4, -0.2) is 24.8 Å². The second-order valence-electron chi connectivity index (χ2n) is 5.17. The van der Waals surface area contributed by atoms with Crippen molar-refractivity contribution in [2.45, 2.75) is 0 Å². The third-order valence-corrected chi connectivity index (χ3v) is 4.82. The second-order valence-corrected chi connectivity index (χ2v) is 7.32. The molecule has 124 valence electrons. The molecule has 1 saturated heterocycles. The van der Waals surface area contributed by atoms with E-state index in [1.165, 1.54) is 11.8 Å². The first-order valence-corrected chi connectivity index (χ1v) is 8.80. The van der Waals surface area contributed by atoms with Crippen LogP contribution in [0.1, 0.15) is 5.56 Å². The molecule has 1 fully saturated rings. The number of nitrogens with zero attached hydrogens (tertiary/aromatic N) is 3. The average Bonchev–Trinajstić information content (AvgIpc) is 3.11. The number of halogens is 1. The highest BCUT2D eigenvalue weighted by atomic mass is 35.5. The van der Waals surface area contributed by atoms with Gasteiger partial charge in [0.1, 0.15) is 10.1 Å². The van der Waals surface area contributed by atoms with Gasteiger partial charge >= 0.3 is 0 Å². The van der Waals surface area contributed by atoms with Crippen LogP contribution in [0.15, 0.2) is 47.6 Å². The summed E-state index contributed by atoms with van der Waals surface area (Å²) in [7, 11) is 0. The number of thiocarbonyl (C=S) groups is 1. The van der Waals surface area contributed by atoms with Crippen LogP contribution in [0.25, 0.3) is 11.7 Å². The van der Waals surface area contributed by atoms with Gasteiger partial charge in [0.05, 0.1) is 11.1 Å². The minimum absolute atomic E-state index is 0.206. The van der Waals surface area contributed by atoms with E-state index in [1.807, 2.05) is 24.3 Å². The molecule has 0 radical (unpaired) electrons. The third-order valence-electron chi connectivity index (χ3n) is 3.42. The Bertz CT molecular complexity index is 1050. The van der Waals surface area contributed by atoms with Gasteiger partial charge in [0.25, 0.3) is 5.91 Å². The van der Waals surface area contributed by atoms with Gasteiger partial charge in [-0.3, -0.25) is 4.79 Å². The molecule has 3 heterocycles. The summed E-state index contributed by atoms with van der Waals surface area (Å²) in [6.07, 6.45) is 5.19. The number of hydrogen-bond donors (Lipinski definition) is 2. The van der Waals surface area contributed by atoms with E-state index in [-0.39, 0.29) is 5.91 Å². The van der Waals surface area contributed by atoms with Gasteiger partial charge in [-0.05, 0) is 30.3 Å². The van der Waals surface area contributed by atoms with E-state index in [0.717, 1.165) is 11.3 Å². The van der Waals surface area contributed by atoms with Crippen molar-refractivity contribution in [3.05, 3.63) is 58.2 Å². The van der Waals surface area contributed by atoms with Crippen LogP contribution in [0.4, 0.5) is 11.5 Å². The molecule has 0 atom stereocenters. The zero-order valence-corrected chi connectivity index (χ0v) is 15.0. The summed E-state index contributed by atoms with van der Waals surface area (Å²) in [5.41, 5.74) is 2.20. The number of amides is 1. The van der Waals surface area contributed by atoms with Crippen LogP contribution in [0, 0.1) is 0 Å². The molecule has 0 saturated carbocycles. The Kier molecular flexibility index (Phi) is 4.16. The van der Waals surface area contributed by atoms with Gasteiger partial charge < -0.3 is 10.6 Å². The molecular formula is C16H10ClN5OS2. The van der Waals surface area contributed by atoms with Crippen molar-refractivity contribution in [2.24, 2.45) is 0 Å². The van der Waals surface area contributed by atoms with Crippen molar-refractivity contribution in [3.63, 3.8) is 0 Å². The summed E-state index contributed by atoms with van der Waals surface area (Å²) < 4.78 is 2.09. The summed E-state index contributed by atoms with van der Waals surface area (Å²) in [5, 5.41) is 10.7. The Morgan fingerprint density at radius 3 is 3.00 bits per heavy atom. The van der Waals surface area contributed by atoms with Gasteiger partial charge in [0.15, 0.2) is 5.65 Å². The van der Waals surface area contributed by atoms with E-state index in [2.05, 4.69) is 20.7 Å². The van der Waals surface area contributed by atoms with Gasteiger partial charge in [-0.25, -0.2) is 9.50 Å². The van der Waals surface area contributed by atoms with Crippen molar-refractivity contribution in [1.82, 2.24) is 19.9 Å². The Balaban J connectivity index is 1.69. The van der Waals surface area contributed by atoms with Gasteiger partial charge in [0, 0.05) is 22.5 Å². The Labute approximate surface area is 157 Å². The number of benzene rings is 1.